The number of hydrogen-bond acceptors (Lipinski definition) is 0. The fourth-order valence-electron chi connectivity index (χ4n) is 0. The summed E-state index contributed by atoms with van der Waals surface area (Å²) in [5.41, 5.74) is 0. The molecule has 0 radical (unpaired) electrons. The second kappa shape index (κ2) is 5.02. The van der Waals surface area contributed by atoms with Crippen LogP contribution in [0.3, 0.4) is 0 Å². The van der Waals surface area contributed by atoms with Gasteiger partial charge in [-0.1, -0.05) is 36.4 Å². The maximum Gasteiger partial charge on any atom is 0.00530 e. The summed E-state index contributed by atoms with van der Waals surface area (Å²) in [6.45, 7) is 4.31. The van der Waals surface area contributed by atoms with Gasteiger partial charge in [0.1, 0.15) is 0 Å². The van der Waals surface area contributed by atoms with Crippen LogP contribution in [0.15, 0.2) is 0 Å². The second-order valence-corrected chi connectivity index (χ2v) is 3.51. The molecule has 0 aliphatic heterocycles. The van der Waals surface area contributed by atoms with Crippen molar-refractivity contribution >= 4 is 35.0 Å². The van der Waals surface area contributed by atoms with Crippen molar-refractivity contribution in [2.24, 2.45) is 0 Å². The highest BCUT2D eigenvalue weighted by molar-refractivity contribution is 14.1. The van der Waals surface area contributed by atoms with Crippen LogP contribution in [-0.4, -0.2) is 3.92 Å². The fraction of sp³-hybridized carbons (Fsp3) is 1.00. The van der Waals surface area contributed by atoms with Crippen LogP contribution in [0.25, 0.3) is 0 Å². The molecule has 5 heavy (non-hydrogen) atoms. The normalized spacial score (nSPS) is 7.20. The monoisotopic (exact) mass is 206 g/mol. The van der Waals surface area contributed by atoms with Crippen LogP contribution in [0.2, 0.25) is 0 Å². The molecule has 0 rings (SSSR count). The molecule has 0 aliphatic carbocycles. The van der Waals surface area contributed by atoms with E-state index in [1.165, 1.54) is 0 Å². The number of rotatable bonds is 0. The Labute approximate surface area is 52.9 Å². The Hall–Kier alpha value is 1.02. The molecule has 0 aliphatic rings. The molecule has 2 heteroatoms. The summed E-state index contributed by atoms with van der Waals surface area (Å²) in [6.07, 6.45) is 0. The van der Waals surface area contributed by atoms with E-state index in [0.29, 0.717) is 0 Å². The molecule has 0 heterocycles. The molecule has 0 N–H and O–H groups in total. The Morgan fingerprint density at radius 3 is 1.40 bits per heavy atom. The van der Waals surface area contributed by atoms with E-state index in [2.05, 4.69) is 36.4 Å². The van der Waals surface area contributed by atoms with E-state index in [1.807, 2.05) is 0 Å². The van der Waals surface area contributed by atoms with Gasteiger partial charge in [0.2, 0.25) is 0 Å². The van der Waals surface area contributed by atoms with Gasteiger partial charge in [-0.3, -0.25) is 0 Å². The molecular formula is C3H8ClI. The summed E-state index contributed by atoms with van der Waals surface area (Å²) in [7, 11) is 0. The van der Waals surface area contributed by atoms with Crippen LogP contribution in [-0.2, 0) is 0 Å². The van der Waals surface area contributed by atoms with E-state index in [4.69, 9.17) is 0 Å². The molecule has 34 valence electrons. The van der Waals surface area contributed by atoms with Crippen LogP contribution in [0, 0.1) is 0 Å². The summed E-state index contributed by atoms with van der Waals surface area (Å²) < 4.78 is 0.803. The molecule has 0 aromatic carbocycles. The molecule has 0 saturated carbocycles. The van der Waals surface area contributed by atoms with Crippen LogP contribution in [0.1, 0.15) is 13.8 Å². The van der Waals surface area contributed by atoms with E-state index in [1.54, 1.807) is 0 Å². The molecule has 0 amide bonds. The Kier molecular flexibility index (Phi) is 9.43. The Morgan fingerprint density at radius 1 is 1.40 bits per heavy atom. The lowest BCUT2D eigenvalue weighted by atomic mass is 10.6. The van der Waals surface area contributed by atoms with Gasteiger partial charge in [-0.05, 0) is 0 Å². The molecule has 0 aromatic rings. The number of halogens is 2. The molecule has 0 unspecified atom stereocenters. The first-order valence-corrected chi connectivity index (χ1v) is 2.62. The van der Waals surface area contributed by atoms with E-state index >= 15 is 0 Å². The number of alkyl halides is 1. The van der Waals surface area contributed by atoms with Crippen molar-refractivity contribution in [3.05, 3.63) is 0 Å². The molecule has 0 aromatic heterocycles. The van der Waals surface area contributed by atoms with Gasteiger partial charge in [-0.15, -0.1) is 12.4 Å². The molecule has 0 nitrogen and oxygen atoms in total. The molecule has 0 fully saturated rings. The SMILES string of the molecule is CC(C)I.Cl. The zero-order valence-electron chi connectivity index (χ0n) is 3.36. The molecule has 0 bridgehead atoms. The van der Waals surface area contributed by atoms with Gasteiger partial charge >= 0.3 is 0 Å². The lowest BCUT2D eigenvalue weighted by molar-refractivity contribution is 1.16. The standard InChI is InChI=1S/C3H7I.ClH/c1-3(2)4;/h3H,1-2H3;1H. The molecule has 0 atom stereocenters. The van der Waals surface area contributed by atoms with Gasteiger partial charge < -0.3 is 0 Å². The summed E-state index contributed by atoms with van der Waals surface area (Å²) in [5.74, 6) is 0. The second-order valence-electron chi connectivity index (χ2n) is 1.01. The van der Waals surface area contributed by atoms with E-state index < -0.39 is 0 Å². The zero-order chi connectivity index (χ0) is 3.58. The van der Waals surface area contributed by atoms with E-state index in [9.17, 15) is 0 Å². The van der Waals surface area contributed by atoms with Crippen molar-refractivity contribution in [2.75, 3.05) is 0 Å². The van der Waals surface area contributed by atoms with Gasteiger partial charge in [0, 0.05) is 3.92 Å². The lowest BCUT2D eigenvalue weighted by Crippen LogP contribution is -1.69. The lowest BCUT2D eigenvalue weighted by Gasteiger charge is -1.76. The third kappa shape index (κ3) is 44.0. The maximum absolute atomic E-state index is 2.34. The van der Waals surface area contributed by atoms with Gasteiger partial charge in [0.25, 0.3) is 0 Å². The summed E-state index contributed by atoms with van der Waals surface area (Å²) in [4.78, 5) is 0. The first-order chi connectivity index (χ1) is 1.73. The fourth-order valence-corrected chi connectivity index (χ4v) is 0. The van der Waals surface area contributed by atoms with E-state index in [0.717, 1.165) is 3.92 Å². The summed E-state index contributed by atoms with van der Waals surface area (Å²) >= 11 is 2.34. The smallest absolute Gasteiger partial charge is 0.00530 e. The molecular weight excluding hydrogens is 198 g/mol. The third-order valence-corrected chi connectivity index (χ3v) is 0. The van der Waals surface area contributed by atoms with Crippen molar-refractivity contribution in [3.8, 4) is 0 Å². The summed E-state index contributed by atoms with van der Waals surface area (Å²) in [6, 6.07) is 0. The quantitative estimate of drug-likeness (QED) is 0.421. The Bertz CT molecular complexity index is 11.6. The minimum atomic E-state index is 0. The van der Waals surface area contributed by atoms with Gasteiger partial charge in [0.05, 0.1) is 0 Å². The van der Waals surface area contributed by atoms with E-state index in [-0.39, 0.29) is 12.4 Å². The largest absolute Gasteiger partial charge is 0.147 e. The van der Waals surface area contributed by atoms with Gasteiger partial charge in [0.15, 0.2) is 0 Å². The van der Waals surface area contributed by atoms with Crippen molar-refractivity contribution in [2.45, 2.75) is 17.8 Å². The van der Waals surface area contributed by atoms with Crippen molar-refractivity contribution in [1.29, 1.82) is 0 Å². The van der Waals surface area contributed by atoms with Crippen LogP contribution in [0.4, 0.5) is 0 Å². The average molecular weight is 206 g/mol. The van der Waals surface area contributed by atoms with Crippen molar-refractivity contribution in [3.63, 3.8) is 0 Å². The average Bonchev–Trinajstić information content (AvgIpc) is 0.811. The minimum Gasteiger partial charge on any atom is -0.147 e. The first kappa shape index (κ1) is 9.39. The molecule has 0 saturated heterocycles. The highest BCUT2D eigenvalue weighted by Gasteiger charge is 1.70. The van der Waals surface area contributed by atoms with Gasteiger partial charge in [-0.25, -0.2) is 0 Å². The maximum atomic E-state index is 2.34. The van der Waals surface area contributed by atoms with Crippen LogP contribution in [0.5, 0.6) is 0 Å². The topological polar surface area (TPSA) is 0 Å². The number of hydrogen-bond donors (Lipinski definition) is 0. The van der Waals surface area contributed by atoms with Crippen LogP contribution < -0.4 is 0 Å². The third-order valence-electron chi connectivity index (χ3n) is 0. The van der Waals surface area contributed by atoms with Crippen molar-refractivity contribution < 1.29 is 0 Å². The minimum absolute atomic E-state index is 0. The predicted molar refractivity (Wildman–Crippen MR) is 36.4 cm³/mol. The highest BCUT2D eigenvalue weighted by atomic mass is 127. The molecule has 0 spiro atoms. The Balaban J connectivity index is 0. The summed E-state index contributed by atoms with van der Waals surface area (Å²) in [5, 5.41) is 0. The Morgan fingerprint density at radius 2 is 1.40 bits per heavy atom. The predicted octanol–water partition coefficient (Wildman–Crippen LogP) is 2.25. The first-order valence-electron chi connectivity index (χ1n) is 1.37. The van der Waals surface area contributed by atoms with Gasteiger partial charge in [-0.2, -0.15) is 0 Å². The van der Waals surface area contributed by atoms with Crippen LogP contribution >= 0.6 is 35.0 Å². The zero-order valence-corrected chi connectivity index (χ0v) is 6.34. The highest BCUT2D eigenvalue weighted by Crippen LogP contribution is 1.91. The van der Waals surface area contributed by atoms with Crippen molar-refractivity contribution in [1.82, 2.24) is 0 Å².